The van der Waals surface area contributed by atoms with Crippen LogP contribution in [0.4, 0.5) is 10.1 Å². The van der Waals surface area contributed by atoms with Gasteiger partial charge in [0, 0.05) is 39.8 Å². The van der Waals surface area contributed by atoms with Crippen LogP contribution in [0.5, 0.6) is 0 Å². The molecule has 4 nitrogen and oxygen atoms in total. The second-order valence-electron chi connectivity index (χ2n) is 8.42. The lowest BCUT2D eigenvalue weighted by Gasteiger charge is -2.39. The number of aliphatic hydroxyl groups is 1. The highest BCUT2D eigenvalue weighted by molar-refractivity contribution is 6.34. The molecule has 2 aromatic rings. The van der Waals surface area contributed by atoms with Gasteiger partial charge in [0.15, 0.2) is 0 Å². The van der Waals surface area contributed by atoms with E-state index in [0.29, 0.717) is 40.2 Å². The molecule has 0 bridgehead atoms. The van der Waals surface area contributed by atoms with Crippen LogP contribution in [-0.4, -0.2) is 35.1 Å². The second-order valence-corrected chi connectivity index (χ2v) is 9.70. The summed E-state index contributed by atoms with van der Waals surface area (Å²) in [6.07, 6.45) is 2.58. The monoisotopic (exact) mass is 468 g/mol. The number of anilines is 1. The molecule has 1 amide bonds. The Balaban J connectivity index is 1.76. The van der Waals surface area contributed by atoms with Crippen LogP contribution in [0.3, 0.4) is 0 Å². The number of benzene rings is 2. The van der Waals surface area contributed by atoms with Gasteiger partial charge in [0.2, 0.25) is 5.91 Å². The number of fused-ring (bicyclic) bond motifs is 2. The smallest absolute Gasteiger partial charge is 0.250 e. The maximum Gasteiger partial charge on any atom is 0.250 e. The fourth-order valence-electron chi connectivity index (χ4n) is 5.21. The fourth-order valence-corrected chi connectivity index (χ4v) is 5.89. The Morgan fingerprint density at radius 2 is 1.93 bits per heavy atom. The van der Waals surface area contributed by atoms with E-state index in [1.165, 1.54) is 6.07 Å². The predicted molar refractivity (Wildman–Crippen MR) is 116 cm³/mol. The zero-order valence-corrected chi connectivity index (χ0v) is 18.2. The molecule has 30 heavy (non-hydrogen) atoms. The van der Waals surface area contributed by atoms with E-state index in [1.807, 2.05) is 6.07 Å². The minimum Gasteiger partial charge on any atom is -0.395 e. The van der Waals surface area contributed by atoms with Gasteiger partial charge in [-0.05, 0) is 55.0 Å². The topological polar surface area (TPSA) is 52.6 Å². The van der Waals surface area contributed by atoms with Gasteiger partial charge in [0.1, 0.15) is 11.4 Å². The van der Waals surface area contributed by atoms with Crippen LogP contribution in [0.2, 0.25) is 15.1 Å². The molecule has 1 aliphatic carbocycles. The lowest BCUT2D eigenvalue weighted by Crippen LogP contribution is -2.53. The molecule has 2 N–H and O–H groups in total. The molecule has 0 radical (unpaired) electrons. The van der Waals surface area contributed by atoms with Crippen molar-refractivity contribution in [3.8, 4) is 0 Å². The zero-order chi connectivity index (χ0) is 21.2. The molecule has 2 aromatic carbocycles. The number of likely N-dealkylation sites (tertiary alicyclic amines) is 1. The van der Waals surface area contributed by atoms with Crippen molar-refractivity contribution in [2.75, 3.05) is 18.5 Å². The largest absolute Gasteiger partial charge is 0.395 e. The summed E-state index contributed by atoms with van der Waals surface area (Å²) in [7, 11) is 0. The highest BCUT2D eigenvalue weighted by Gasteiger charge is 2.63. The van der Waals surface area contributed by atoms with Crippen LogP contribution >= 0.6 is 34.8 Å². The number of aliphatic hydroxyl groups excluding tert-OH is 1. The van der Waals surface area contributed by atoms with Gasteiger partial charge >= 0.3 is 0 Å². The Hall–Kier alpha value is -1.37. The zero-order valence-electron chi connectivity index (χ0n) is 16.0. The third-order valence-corrected chi connectivity index (χ3v) is 7.38. The van der Waals surface area contributed by atoms with Crippen LogP contribution in [0.15, 0.2) is 30.3 Å². The lowest BCUT2D eigenvalue weighted by atomic mass is 9.75. The van der Waals surface area contributed by atoms with Gasteiger partial charge in [0.05, 0.1) is 11.6 Å². The van der Waals surface area contributed by atoms with E-state index >= 15 is 4.39 Å². The van der Waals surface area contributed by atoms with Gasteiger partial charge in [-0.2, -0.15) is 0 Å². The average Bonchev–Trinajstić information content (AvgIpc) is 3.40. The number of hydrogen-bond acceptors (Lipinski definition) is 3. The first-order chi connectivity index (χ1) is 14.4. The molecule has 5 rings (SSSR count). The summed E-state index contributed by atoms with van der Waals surface area (Å²) in [6, 6.07) is 7.89. The van der Waals surface area contributed by atoms with Crippen LogP contribution < -0.4 is 5.32 Å². The summed E-state index contributed by atoms with van der Waals surface area (Å²) < 4.78 is 15.2. The average molecular weight is 470 g/mol. The quantitative estimate of drug-likeness (QED) is 0.606. The Morgan fingerprint density at radius 1 is 1.17 bits per heavy atom. The number of amides is 1. The molecule has 8 heteroatoms. The second kappa shape index (κ2) is 7.35. The number of halogens is 4. The highest BCUT2D eigenvalue weighted by Crippen LogP contribution is 2.58. The van der Waals surface area contributed by atoms with Crippen molar-refractivity contribution in [3.05, 3.63) is 62.3 Å². The molecular weight excluding hydrogens is 450 g/mol. The number of hydrogen-bond donors (Lipinski definition) is 2. The van der Waals surface area contributed by atoms with Crippen molar-refractivity contribution >= 4 is 46.4 Å². The molecule has 0 aromatic heterocycles. The van der Waals surface area contributed by atoms with E-state index in [9.17, 15) is 9.90 Å². The number of carbonyl (C=O) groups is 1. The van der Waals surface area contributed by atoms with Gasteiger partial charge < -0.3 is 10.4 Å². The summed E-state index contributed by atoms with van der Waals surface area (Å²) in [5.41, 5.74) is 0.492. The number of carbonyl (C=O) groups excluding carboxylic acids is 1. The Labute approximate surface area is 188 Å². The van der Waals surface area contributed by atoms with Crippen LogP contribution in [0, 0.1) is 11.7 Å². The molecule has 3 aliphatic rings. The summed E-state index contributed by atoms with van der Waals surface area (Å²) in [5.74, 6) is -0.916. The molecule has 2 fully saturated rings. The van der Waals surface area contributed by atoms with E-state index in [2.05, 4.69) is 10.2 Å². The van der Waals surface area contributed by atoms with Crippen LogP contribution in [0.1, 0.15) is 36.3 Å². The molecular formula is C22H20Cl3FN2O2. The van der Waals surface area contributed by atoms with Gasteiger partial charge in [0.25, 0.3) is 0 Å². The fraction of sp³-hybridized carbons (Fsp3) is 0.409. The van der Waals surface area contributed by atoms with Gasteiger partial charge in [-0.15, -0.1) is 0 Å². The first kappa shape index (κ1) is 20.5. The van der Waals surface area contributed by atoms with Gasteiger partial charge in [-0.3, -0.25) is 9.69 Å². The first-order valence-electron chi connectivity index (χ1n) is 9.99. The molecule has 2 aliphatic heterocycles. The van der Waals surface area contributed by atoms with E-state index in [1.54, 1.807) is 18.2 Å². The standard InChI is InChI=1S/C22H20Cl3FN2O2/c23-12-3-4-16-19(7-12)27-21(30)22(16)17(15-5-13(24)6-18(25)20(15)26)8-14(10-29)28(22)9-11-1-2-11/h3-7,11,14,17,29H,1-2,8-10H2,(H,27,30)/t14-,17-,22-/m1/s1. The van der Waals surface area contributed by atoms with Crippen LogP contribution in [-0.2, 0) is 10.3 Å². The highest BCUT2D eigenvalue weighted by atomic mass is 35.5. The third kappa shape index (κ3) is 2.98. The minimum absolute atomic E-state index is 0.0800. The number of nitrogens with zero attached hydrogens (tertiary/aromatic N) is 1. The predicted octanol–water partition coefficient (Wildman–Crippen LogP) is 5.19. The lowest BCUT2D eigenvalue weighted by molar-refractivity contribution is -0.128. The Bertz CT molecular complexity index is 1050. The summed E-state index contributed by atoms with van der Waals surface area (Å²) in [4.78, 5) is 15.7. The first-order valence-corrected chi connectivity index (χ1v) is 11.1. The van der Waals surface area contributed by atoms with Gasteiger partial charge in [-0.1, -0.05) is 40.9 Å². The minimum atomic E-state index is -1.16. The molecule has 158 valence electrons. The van der Waals surface area contributed by atoms with Crippen LogP contribution in [0.25, 0.3) is 0 Å². The maximum absolute atomic E-state index is 15.2. The van der Waals surface area contributed by atoms with Crippen molar-refractivity contribution < 1.29 is 14.3 Å². The van der Waals surface area contributed by atoms with Crippen molar-refractivity contribution in [1.82, 2.24) is 4.90 Å². The van der Waals surface area contributed by atoms with Crippen molar-refractivity contribution in [3.63, 3.8) is 0 Å². The molecule has 3 atom stereocenters. The molecule has 1 spiro atoms. The normalized spacial score (nSPS) is 28.2. The number of nitrogens with one attached hydrogen (secondary N) is 1. The van der Waals surface area contributed by atoms with E-state index in [0.717, 1.165) is 18.4 Å². The Morgan fingerprint density at radius 3 is 2.63 bits per heavy atom. The summed E-state index contributed by atoms with van der Waals surface area (Å²) >= 11 is 18.5. The van der Waals surface area contributed by atoms with E-state index in [4.69, 9.17) is 34.8 Å². The number of rotatable bonds is 4. The maximum atomic E-state index is 15.2. The van der Waals surface area contributed by atoms with Crippen molar-refractivity contribution in [2.24, 2.45) is 5.92 Å². The molecule has 1 saturated heterocycles. The van der Waals surface area contributed by atoms with Gasteiger partial charge in [-0.25, -0.2) is 4.39 Å². The van der Waals surface area contributed by atoms with E-state index < -0.39 is 17.3 Å². The third-order valence-electron chi connectivity index (χ3n) is 6.65. The molecule has 2 heterocycles. The van der Waals surface area contributed by atoms with Crippen molar-refractivity contribution in [2.45, 2.75) is 36.8 Å². The van der Waals surface area contributed by atoms with E-state index in [-0.39, 0.29) is 23.6 Å². The summed E-state index contributed by atoms with van der Waals surface area (Å²) in [6.45, 7) is 0.532. The SMILES string of the molecule is O=C1Nc2cc(Cl)ccc2[C@@]12[C@@H](c1cc(Cl)cc(Cl)c1F)C[C@H](CO)N2CC1CC1. The molecule has 1 saturated carbocycles. The summed E-state index contributed by atoms with van der Waals surface area (Å²) in [5, 5.41) is 13.9. The Kier molecular flexibility index (Phi) is 5.03. The van der Waals surface area contributed by atoms with Crippen molar-refractivity contribution in [1.29, 1.82) is 0 Å². The molecule has 0 unspecified atom stereocenters.